The first-order chi connectivity index (χ1) is 27.4. The number of nitrogens with zero attached hydrogens (tertiary/aromatic N) is 5. The summed E-state index contributed by atoms with van der Waals surface area (Å²) in [5.41, 5.74) is 1.53. The molecule has 2 aliphatic rings. The number of benzene rings is 2. The van der Waals surface area contributed by atoms with Gasteiger partial charge in [0.25, 0.3) is 5.91 Å². The van der Waals surface area contributed by atoms with Crippen LogP contribution in [0, 0.1) is 23.5 Å². The summed E-state index contributed by atoms with van der Waals surface area (Å²) in [4.78, 5) is 49.3. The Kier molecular flexibility index (Phi) is 12.5. The van der Waals surface area contributed by atoms with Gasteiger partial charge >= 0.3 is 12.7 Å². The van der Waals surface area contributed by atoms with Crippen molar-refractivity contribution in [3.05, 3.63) is 71.7 Å². The van der Waals surface area contributed by atoms with Crippen LogP contribution in [0.5, 0.6) is 5.75 Å². The average Bonchev–Trinajstić information content (AvgIpc) is 3.58. The number of hydrogen-bond acceptors (Lipinski definition) is 8. The van der Waals surface area contributed by atoms with Crippen LogP contribution in [0.1, 0.15) is 63.4 Å². The summed E-state index contributed by atoms with van der Waals surface area (Å²) in [7, 11) is 2.22. The summed E-state index contributed by atoms with van der Waals surface area (Å²) in [6.07, 6.45) is 6.06. The SMILES string of the molecule is CCc1cc(Nc2nccn3c(-c4ccc(OC(F)F)c(F)c4F)cnc23)ccc1C(=O)NC(C)CNC(=O)C1CC[N+](C)(CC2CN(C(=O)OC(C)(C)C)C2)CC1. The van der Waals surface area contributed by atoms with Crippen LogP contribution in [0.25, 0.3) is 16.9 Å². The zero-order valence-electron chi connectivity index (χ0n) is 33.6. The Labute approximate surface area is 334 Å². The van der Waals surface area contributed by atoms with Gasteiger partial charge in [-0.25, -0.2) is 19.2 Å². The largest absolute Gasteiger partial charge is 0.444 e. The average molecular weight is 812 g/mol. The number of anilines is 2. The number of hydrogen-bond donors (Lipinski definition) is 3. The normalized spacial score (nSPS) is 19.1. The van der Waals surface area contributed by atoms with Crippen molar-refractivity contribution in [3.8, 4) is 17.0 Å². The van der Waals surface area contributed by atoms with Gasteiger partial charge in [0.1, 0.15) is 5.60 Å². The molecular formula is C41H51F4N8O5+. The Morgan fingerprint density at radius 2 is 1.76 bits per heavy atom. The van der Waals surface area contributed by atoms with Gasteiger partial charge in [-0.3, -0.25) is 14.0 Å². The Hall–Kier alpha value is -5.45. The first kappa shape index (κ1) is 42.2. The third-order valence-corrected chi connectivity index (χ3v) is 10.6. The number of amides is 3. The number of ether oxygens (including phenoxy) is 2. The number of piperidine rings is 1. The number of halogens is 4. The minimum Gasteiger partial charge on any atom is -0.444 e. The lowest BCUT2D eigenvalue weighted by molar-refractivity contribution is -0.918. The van der Waals surface area contributed by atoms with E-state index in [0.29, 0.717) is 42.5 Å². The molecule has 0 saturated carbocycles. The molecule has 1 atom stereocenters. The molecule has 2 aromatic carbocycles. The predicted octanol–water partition coefficient (Wildman–Crippen LogP) is 6.54. The van der Waals surface area contributed by atoms with Crippen molar-refractivity contribution < 1.29 is 45.9 Å². The summed E-state index contributed by atoms with van der Waals surface area (Å²) in [6.45, 7) is 10.4. The van der Waals surface area contributed by atoms with E-state index in [4.69, 9.17) is 4.74 Å². The Morgan fingerprint density at radius 1 is 1.03 bits per heavy atom. The number of carbonyl (C=O) groups excluding carboxylic acids is 3. The van der Waals surface area contributed by atoms with E-state index in [1.54, 1.807) is 17.0 Å². The van der Waals surface area contributed by atoms with Crippen LogP contribution < -0.4 is 20.7 Å². The van der Waals surface area contributed by atoms with Crippen molar-refractivity contribution in [2.75, 3.05) is 51.6 Å². The predicted molar refractivity (Wildman–Crippen MR) is 209 cm³/mol. The number of rotatable bonds is 13. The molecule has 0 radical (unpaired) electrons. The number of quaternary nitrogens is 1. The van der Waals surface area contributed by atoms with Crippen molar-refractivity contribution in [2.24, 2.45) is 11.8 Å². The van der Waals surface area contributed by atoms with Crippen molar-refractivity contribution in [1.29, 1.82) is 0 Å². The zero-order chi connectivity index (χ0) is 41.9. The van der Waals surface area contributed by atoms with E-state index in [-0.39, 0.29) is 53.3 Å². The molecule has 6 rings (SSSR count). The van der Waals surface area contributed by atoms with Crippen molar-refractivity contribution in [1.82, 2.24) is 29.9 Å². The van der Waals surface area contributed by atoms with Crippen molar-refractivity contribution in [2.45, 2.75) is 72.1 Å². The molecule has 3 amide bonds. The highest BCUT2D eigenvalue weighted by Crippen LogP contribution is 2.33. The second kappa shape index (κ2) is 17.2. The van der Waals surface area contributed by atoms with Crippen LogP contribution in [0.2, 0.25) is 0 Å². The third-order valence-electron chi connectivity index (χ3n) is 10.6. The molecule has 17 heteroatoms. The quantitative estimate of drug-likeness (QED) is 0.102. The second-order valence-corrected chi connectivity index (χ2v) is 16.5. The monoisotopic (exact) mass is 811 g/mol. The maximum absolute atomic E-state index is 15.0. The zero-order valence-corrected chi connectivity index (χ0v) is 33.6. The molecule has 13 nitrogen and oxygen atoms in total. The van der Waals surface area contributed by atoms with Crippen molar-refractivity contribution >= 4 is 35.1 Å². The van der Waals surface area contributed by atoms with E-state index < -0.39 is 29.6 Å². The molecule has 0 bridgehead atoms. The molecule has 312 valence electrons. The molecule has 2 saturated heterocycles. The minimum atomic E-state index is -3.31. The summed E-state index contributed by atoms with van der Waals surface area (Å²) in [5.74, 6) is -3.51. The van der Waals surface area contributed by atoms with E-state index in [9.17, 15) is 31.9 Å². The standard InChI is InChI=1S/C41H50F4N8O5/c1-7-26-18-28(50-35-36-47-20-31(52(36)15-14-46-35)30-10-11-32(57-39(44)45)34(43)33(30)42)8-9-29(26)38(55)49-24(2)19-48-37(54)27-12-16-53(6,17-13-27)23-25-21-51(22-25)40(56)58-41(3,4)5/h8-11,14-15,18,20,24-25,27,39H,7,12-13,16-17,19,21-23H2,1-6H3,(H2-,46,48,49,50,54,55)/p+1. The fourth-order valence-electron chi connectivity index (χ4n) is 7.62. The Balaban J connectivity index is 0.994. The highest BCUT2D eigenvalue weighted by atomic mass is 19.3. The smallest absolute Gasteiger partial charge is 0.410 e. The van der Waals surface area contributed by atoms with E-state index in [1.165, 1.54) is 23.0 Å². The van der Waals surface area contributed by atoms with Crippen LogP contribution in [-0.4, -0.2) is 106 Å². The molecule has 2 fully saturated rings. The highest BCUT2D eigenvalue weighted by molar-refractivity contribution is 5.96. The van der Waals surface area contributed by atoms with Gasteiger partial charge in [-0.1, -0.05) is 6.92 Å². The molecule has 4 aromatic rings. The number of alkyl halides is 2. The lowest BCUT2D eigenvalue weighted by Gasteiger charge is -2.47. The first-order valence-corrected chi connectivity index (χ1v) is 19.5. The number of likely N-dealkylation sites (tertiary alicyclic amines) is 2. The number of aromatic nitrogens is 3. The van der Waals surface area contributed by atoms with Crippen LogP contribution >= 0.6 is 0 Å². The van der Waals surface area contributed by atoms with Gasteiger partial charge in [0.15, 0.2) is 23.0 Å². The lowest BCUT2D eigenvalue weighted by atomic mass is 9.91. The number of carbonyl (C=O) groups is 3. The van der Waals surface area contributed by atoms with Gasteiger partial charge in [-0.2, -0.15) is 13.2 Å². The lowest BCUT2D eigenvalue weighted by Crippen LogP contribution is -2.61. The molecule has 2 aromatic heterocycles. The van der Waals surface area contributed by atoms with Crippen LogP contribution in [0.3, 0.4) is 0 Å². The van der Waals surface area contributed by atoms with Gasteiger partial charge < -0.3 is 34.8 Å². The number of nitrogens with one attached hydrogen (secondary N) is 3. The van der Waals surface area contributed by atoms with Crippen LogP contribution in [0.4, 0.5) is 33.9 Å². The fourth-order valence-corrected chi connectivity index (χ4v) is 7.62. The fraction of sp³-hybridized carbons (Fsp3) is 0.488. The van der Waals surface area contributed by atoms with Crippen molar-refractivity contribution in [3.63, 3.8) is 0 Å². The van der Waals surface area contributed by atoms with Crippen LogP contribution in [0.15, 0.2) is 48.9 Å². The molecular weight excluding hydrogens is 760 g/mol. The molecule has 2 aliphatic heterocycles. The Morgan fingerprint density at radius 3 is 2.43 bits per heavy atom. The summed E-state index contributed by atoms with van der Waals surface area (Å²) < 4.78 is 66.6. The second-order valence-electron chi connectivity index (χ2n) is 16.5. The van der Waals surface area contributed by atoms with E-state index in [0.717, 1.165) is 54.7 Å². The first-order valence-electron chi connectivity index (χ1n) is 19.5. The van der Waals surface area contributed by atoms with Gasteiger partial charge in [0.05, 0.1) is 38.6 Å². The molecule has 58 heavy (non-hydrogen) atoms. The maximum atomic E-state index is 15.0. The summed E-state index contributed by atoms with van der Waals surface area (Å²) >= 11 is 0. The molecule has 3 N–H and O–H groups in total. The third kappa shape index (κ3) is 9.80. The molecule has 0 spiro atoms. The molecule has 4 heterocycles. The van der Waals surface area contributed by atoms with E-state index in [1.807, 2.05) is 40.7 Å². The maximum Gasteiger partial charge on any atom is 0.410 e. The van der Waals surface area contributed by atoms with Gasteiger partial charge in [-0.15, -0.1) is 0 Å². The molecule has 1 unspecified atom stereocenters. The highest BCUT2D eigenvalue weighted by Gasteiger charge is 2.41. The summed E-state index contributed by atoms with van der Waals surface area (Å²) in [5, 5.41) is 9.20. The molecule has 0 aliphatic carbocycles. The number of aryl methyl sites for hydroxylation is 1. The van der Waals surface area contributed by atoms with E-state index >= 15 is 0 Å². The Bertz CT molecular complexity index is 2140. The number of fused-ring (bicyclic) bond motifs is 1. The van der Waals surface area contributed by atoms with Crippen LogP contribution in [-0.2, 0) is 16.0 Å². The topological polar surface area (TPSA) is 139 Å². The minimum absolute atomic E-state index is 0.0142. The number of imidazole rings is 1. The van der Waals surface area contributed by atoms with Gasteiger partial charge in [-0.05, 0) is 70.0 Å². The van der Waals surface area contributed by atoms with Gasteiger partial charge in [0, 0.05) is 79.6 Å². The van der Waals surface area contributed by atoms with Gasteiger partial charge in [0.2, 0.25) is 11.7 Å². The summed E-state index contributed by atoms with van der Waals surface area (Å²) in [6, 6.07) is 6.93. The van der Waals surface area contributed by atoms with E-state index in [2.05, 4.69) is 37.7 Å².